The molecule has 38 heavy (non-hydrogen) atoms. The molecule has 212 valence electrons. The standard InChI is InChI=1S/C25H27F10NOSi/c1-4-38(2,3)37-22(21-6-5-7-36-21,16-8-15(14-26)9-18(10-16)23(27,28)29)17-11-19(24(30,31)32)13-20(12-17)25(33,34)35/h8-13,21,36H,4-7,14H2,1-3H3/t21-,22?/m1/s1. The Morgan fingerprint density at radius 1 is 0.763 bits per heavy atom. The van der Waals surface area contributed by atoms with Gasteiger partial charge in [0.05, 0.1) is 16.7 Å². The zero-order valence-corrected chi connectivity index (χ0v) is 21.8. The molecule has 1 N–H and O–H groups in total. The minimum atomic E-state index is -5.19. The van der Waals surface area contributed by atoms with Gasteiger partial charge in [-0.1, -0.05) is 6.92 Å². The predicted octanol–water partition coefficient (Wildman–Crippen LogP) is 8.45. The summed E-state index contributed by atoms with van der Waals surface area (Å²) < 4.78 is 145. The number of hydrogen-bond donors (Lipinski definition) is 1. The van der Waals surface area contributed by atoms with Crippen LogP contribution in [0.2, 0.25) is 19.1 Å². The van der Waals surface area contributed by atoms with Crippen LogP contribution in [0.1, 0.15) is 53.1 Å². The molecule has 3 rings (SSSR count). The van der Waals surface area contributed by atoms with E-state index >= 15 is 0 Å². The average Bonchev–Trinajstić information content (AvgIpc) is 3.35. The van der Waals surface area contributed by atoms with Crippen LogP contribution in [0.15, 0.2) is 36.4 Å². The summed E-state index contributed by atoms with van der Waals surface area (Å²) in [6.07, 6.45) is -14.7. The molecule has 0 aliphatic carbocycles. The number of halogens is 10. The van der Waals surface area contributed by atoms with E-state index in [0.29, 0.717) is 43.3 Å². The van der Waals surface area contributed by atoms with Crippen LogP contribution in [-0.2, 0) is 35.2 Å². The first-order valence-corrected chi connectivity index (χ1v) is 15.0. The third kappa shape index (κ3) is 6.36. The maximum Gasteiger partial charge on any atom is 0.416 e. The average molecular weight is 576 g/mol. The lowest BCUT2D eigenvalue weighted by Gasteiger charge is -2.46. The van der Waals surface area contributed by atoms with E-state index in [2.05, 4.69) is 5.32 Å². The molecule has 0 radical (unpaired) electrons. The Labute approximate surface area is 214 Å². The van der Waals surface area contributed by atoms with Crippen molar-refractivity contribution in [2.45, 2.75) is 75.7 Å². The largest absolute Gasteiger partial charge is 0.416 e. The van der Waals surface area contributed by atoms with E-state index in [4.69, 9.17) is 4.43 Å². The third-order valence-corrected chi connectivity index (χ3v) is 9.34. The van der Waals surface area contributed by atoms with E-state index in [-0.39, 0.29) is 18.1 Å². The summed E-state index contributed by atoms with van der Waals surface area (Å²) in [5.74, 6) is 0. The summed E-state index contributed by atoms with van der Waals surface area (Å²) in [7, 11) is -2.94. The SMILES string of the molecule is CC[Si](C)(C)OC(c1cc(CF)cc(C(F)(F)F)c1)(c1cc(C(F)(F)F)cc(C(F)(F)F)c1)[C@H]1CCCN1. The number of nitrogens with one attached hydrogen (secondary N) is 1. The quantitative estimate of drug-likeness (QED) is 0.264. The van der Waals surface area contributed by atoms with E-state index in [1.54, 1.807) is 20.0 Å². The Morgan fingerprint density at radius 2 is 1.18 bits per heavy atom. The lowest BCUT2D eigenvalue weighted by molar-refractivity contribution is -0.143. The first-order valence-electron chi connectivity index (χ1n) is 11.8. The van der Waals surface area contributed by atoms with Gasteiger partial charge < -0.3 is 9.74 Å². The second-order valence-corrected chi connectivity index (χ2v) is 14.4. The molecule has 2 atom stereocenters. The molecule has 1 fully saturated rings. The van der Waals surface area contributed by atoms with Crippen LogP contribution < -0.4 is 5.32 Å². The highest BCUT2D eigenvalue weighted by molar-refractivity contribution is 6.71. The van der Waals surface area contributed by atoms with Gasteiger partial charge in [0.2, 0.25) is 0 Å². The molecule has 1 aliphatic heterocycles. The fourth-order valence-electron chi connectivity index (χ4n) is 4.61. The Bertz CT molecular complexity index is 1100. The minimum absolute atomic E-state index is 0.0438. The van der Waals surface area contributed by atoms with E-state index < -0.39 is 73.0 Å². The fourth-order valence-corrected chi connectivity index (χ4v) is 6.01. The maximum absolute atomic E-state index is 13.8. The first-order chi connectivity index (χ1) is 17.3. The van der Waals surface area contributed by atoms with Crippen molar-refractivity contribution in [1.29, 1.82) is 0 Å². The monoisotopic (exact) mass is 575 g/mol. The normalized spacial score (nSPS) is 19.0. The zero-order chi connectivity index (χ0) is 28.7. The molecule has 1 aliphatic rings. The highest BCUT2D eigenvalue weighted by Gasteiger charge is 2.50. The summed E-state index contributed by atoms with van der Waals surface area (Å²) >= 11 is 0. The van der Waals surface area contributed by atoms with Crippen molar-refractivity contribution in [1.82, 2.24) is 5.32 Å². The molecule has 0 spiro atoms. The van der Waals surface area contributed by atoms with Gasteiger partial charge in [-0.05, 0) is 91.6 Å². The number of benzene rings is 2. The highest BCUT2D eigenvalue weighted by atomic mass is 28.4. The van der Waals surface area contributed by atoms with Gasteiger partial charge in [0.25, 0.3) is 0 Å². The van der Waals surface area contributed by atoms with E-state index in [1.807, 2.05) is 0 Å². The molecule has 0 bridgehead atoms. The van der Waals surface area contributed by atoms with Crippen LogP contribution in [0.3, 0.4) is 0 Å². The van der Waals surface area contributed by atoms with Gasteiger partial charge in [-0.25, -0.2) is 4.39 Å². The zero-order valence-electron chi connectivity index (χ0n) is 20.8. The summed E-state index contributed by atoms with van der Waals surface area (Å²) in [5.41, 5.74) is -8.12. The van der Waals surface area contributed by atoms with Gasteiger partial charge in [-0.3, -0.25) is 0 Å². The van der Waals surface area contributed by atoms with Crippen molar-refractivity contribution < 1.29 is 48.3 Å². The second kappa shape index (κ2) is 10.5. The summed E-state index contributed by atoms with van der Waals surface area (Å²) in [6.45, 7) is 4.02. The Hall–Kier alpha value is -2.12. The Balaban J connectivity index is 2.53. The third-order valence-electron chi connectivity index (χ3n) is 6.76. The maximum atomic E-state index is 13.8. The van der Waals surface area contributed by atoms with Gasteiger partial charge in [-0.15, -0.1) is 0 Å². The van der Waals surface area contributed by atoms with Crippen LogP contribution in [0, 0.1) is 0 Å². The number of rotatable bonds is 7. The number of alkyl halides is 10. The second-order valence-electron chi connectivity index (χ2n) is 9.94. The van der Waals surface area contributed by atoms with Gasteiger partial charge in [0.15, 0.2) is 8.32 Å². The van der Waals surface area contributed by atoms with E-state index in [0.717, 1.165) is 6.07 Å². The summed E-state index contributed by atoms with van der Waals surface area (Å²) in [5, 5.41) is 3.01. The molecule has 0 aromatic heterocycles. The van der Waals surface area contributed by atoms with Crippen LogP contribution in [0.4, 0.5) is 43.9 Å². The molecule has 2 aromatic carbocycles. The Morgan fingerprint density at radius 3 is 1.58 bits per heavy atom. The fraction of sp³-hybridized carbons (Fsp3) is 0.520. The molecule has 2 aromatic rings. The van der Waals surface area contributed by atoms with Crippen LogP contribution >= 0.6 is 0 Å². The smallest absolute Gasteiger partial charge is 0.402 e. The summed E-state index contributed by atoms with van der Waals surface area (Å²) in [4.78, 5) is 0. The van der Waals surface area contributed by atoms with Crippen LogP contribution in [0.5, 0.6) is 0 Å². The topological polar surface area (TPSA) is 21.3 Å². The lowest BCUT2D eigenvalue weighted by Crippen LogP contribution is -2.54. The molecule has 1 saturated heterocycles. The minimum Gasteiger partial charge on any atom is -0.402 e. The van der Waals surface area contributed by atoms with E-state index in [9.17, 15) is 43.9 Å². The van der Waals surface area contributed by atoms with Gasteiger partial charge in [-0.2, -0.15) is 39.5 Å². The van der Waals surface area contributed by atoms with Crippen molar-refractivity contribution in [3.05, 3.63) is 69.8 Å². The van der Waals surface area contributed by atoms with Gasteiger partial charge in [0, 0.05) is 6.04 Å². The summed E-state index contributed by atoms with van der Waals surface area (Å²) in [6, 6.07) is 2.53. The van der Waals surface area contributed by atoms with Crippen molar-refractivity contribution in [3.8, 4) is 0 Å². The van der Waals surface area contributed by atoms with Crippen molar-refractivity contribution >= 4 is 8.32 Å². The van der Waals surface area contributed by atoms with Gasteiger partial charge in [0.1, 0.15) is 12.3 Å². The first kappa shape index (κ1) is 30.4. The van der Waals surface area contributed by atoms with Crippen LogP contribution in [0.25, 0.3) is 0 Å². The molecule has 13 heteroatoms. The van der Waals surface area contributed by atoms with Crippen molar-refractivity contribution in [2.24, 2.45) is 0 Å². The molecule has 1 unspecified atom stereocenters. The van der Waals surface area contributed by atoms with Crippen molar-refractivity contribution in [3.63, 3.8) is 0 Å². The molecule has 1 heterocycles. The highest BCUT2D eigenvalue weighted by Crippen LogP contribution is 2.48. The molecule has 0 amide bonds. The lowest BCUT2D eigenvalue weighted by atomic mass is 9.77. The molecule has 0 saturated carbocycles. The van der Waals surface area contributed by atoms with E-state index in [1.165, 1.54) is 0 Å². The van der Waals surface area contributed by atoms with Crippen LogP contribution in [-0.4, -0.2) is 20.9 Å². The molecular weight excluding hydrogens is 548 g/mol. The van der Waals surface area contributed by atoms with Gasteiger partial charge >= 0.3 is 18.5 Å². The number of hydrogen-bond acceptors (Lipinski definition) is 2. The predicted molar refractivity (Wildman–Crippen MR) is 124 cm³/mol. The van der Waals surface area contributed by atoms with Crippen molar-refractivity contribution in [2.75, 3.05) is 6.54 Å². The molecular formula is C25H27F10NOSi. The molecule has 2 nitrogen and oxygen atoms in total. The Kier molecular flexibility index (Phi) is 8.37.